The topological polar surface area (TPSA) is 56.3 Å². The van der Waals surface area contributed by atoms with E-state index in [1.807, 2.05) is 6.92 Å². The molecule has 16 heavy (non-hydrogen) atoms. The highest BCUT2D eigenvalue weighted by molar-refractivity contribution is 7.13. The van der Waals surface area contributed by atoms with E-state index < -0.39 is 0 Å². The Morgan fingerprint density at radius 3 is 2.94 bits per heavy atom. The Morgan fingerprint density at radius 2 is 2.25 bits per heavy atom. The van der Waals surface area contributed by atoms with E-state index in [1.54, 1.807) is 7.11 Å². The van der Waals surface area contributed by atoms with Gasteiger partial charge < -0.3 is 14.8 Å². The first kappa shape index (κ1) is 13.3. The van der Waals surface area contributed by atoms with Crippen LogP contribution in [0.25, 0.3) is 0 Å². The average molecular weight is 245 g/mol. The Balaban J connectivity index is 2.28. The van der Waals surface area contributed by atoms with Crippen molar-refractivity contribution in [2.24, 2.45) is 0 Å². The van der Waals surface area contributed by atoms with Gasteiger partial charge >= 0.3 is 0 Å². The zero-order valence-corrected chi connectivity index (χ0v) is 10.8. The summed E-state index contributed by atoms with van der Waals surface area (Å²) >= 11 is 1.49. The number of nitrogens with zero attached hydrogens (tertiary/aromatic N) is 2. The molecule has 1 unspecified atom stereocenters. The number of hydrogen-bond donors (Lipinski definition) is 1. The summed E-state index contributed by atoms with van der Waals surface area (Å²) in [7, 11) is 1.69. The fourth-order valence-electron chi connectivity index (χ4n) is 0.982. The molecule has 92 valence electrons. The lowest BCUT2D eigenvalue weighted by atomic mass is 10.3. The third kappa shape index (κ3) is 4.87. The maximum absolute atomic E-state index is 5.56. The van der Waals surface area contributed by atoms with Gasteiger partial charge in [-0.05, 0) is 13.3 Å². The predicted molar refractivity (Wildman–Crippen MR) is 63.9 cm³/mol. The van der Waals surface area contributed by atoms with Crippen molar-refractivity contribution < 1.29 is 9.47 Å². The lowest BCUT2D eigenvalue weighted by Gasteiger charge is -2.07. The van der Waals surface area contributed by atoms with Crippen molar-refractivity contribution in [3.05, 3.63) is 5.01 Å². The minimum atomic E-state index is 0.197. The van der Waals surface area contributed by atoms with Gasteiger partial charge in [0, 0.05) is 20.2 Å². The molecule has 1 N–H and O–H groups in total. The summed E-state index contributed by atoms with van der Waals surface area (Å²) < 4.78 is 10.5. The van der Waals surface area contributed by atoms with Crippen molar-refractivity contribution in [1.29, 1.82) is 0 Å². The van der Waals surface area contributed by atoms with E-state index in [9.17, 15) is 0 Å². The summed E-state index contributed by atoms with van der Waals surface area (Å²) in [6.45, 7) is 6.34. The zero-order chi connectivity index (χ0) is 11.8. The molecule has 0 amide bonds. The van der Waals surface area contributed by atoms with Crippen LogP contribution < -0.4 is 10.1 Å². The molecule has 0 bridgehead atoms. The van der Waals surface area contributed by atoms with Gasteiger partial charge in [0.1, 0.15) is 5.01 Å². The average Bonchev–Trinajstić information content (AvgIpc) is 2.72. The van der Waals surface area contributed by atoms with Crippen LogP contribution in [-0.2, 0) is 11.3 Å². The summed E-state index contributed by atoms with van der Waals surface area (Å²) in [5.74, 6) is 0. The van der Waals surface area contributed by atoms with Gasteiger partial charge in [0.2, 0.25) is 0 Å². The van der Waals surface area contributed by atoms with E-state index in [1.165, 1.54) is 11.3 Å². The molecule has 1 heterocycles. The van der Waals surface area contributed by atoms with Crippen LogP contribution in [0.3, 0.4) is 0 Å². The normalized spacial score (nSPS) is 12.7. The number of methoxy groups -OCH3 is 1. The van der Waals surface area contributed by atoms with E-state index in [0.29, 0.717) is 18.3 Å². The second-order valence-corrected chi connectivity index (χ2v) is 4.49. The third-order valence-corrected chi connectivity index (χ3v) is 2.90. The smallest absolute Gasteiger partial charge is 0.294 e. The Morgan fingerprint density at radius 1 is 1.44 bits per heavy atom. The van der Waals surface area contributed by atoms with Crippen LogP contribution in [0.4, 0.5) is 0 Å². The molecule has 1 rings (SSSR count). The molecule has 0 aliphatic carbocycles. The van der Waals surface area contributed by atoms with Crippen LogP contribution in [0.1, 0.15) is 25.3 Å². The summed E-state index contributed by atoms with van der Waals surface area (Å²) in [6, 6.07) is 0. The van der Waals surface area contributed by atoms with Crippen LogP contribution in [0.5, 0.6) is 5.19 Å². The van der Waals surface area contributed by atoms with Crippen LogP contribution >= 0.6 is 11.3 Å². The molecule has 1 aromatic rings. The minimum absolute atomic E-state index is 0.197. The minimum Gasteiger partial charge on any atom is -0.466 e. The largest absolute Gasteiger partial charge is 0.466 e. The number of ether oxygens (including phenoxy) is 2. The highest BCUT2D eigenvalue weighted by Gasteiger charge is 2.07. The number of hydrogen-bond acceptors (Lipinski definition) is 6. The number of rotatable bonds is 8. The van der Waals surface area contributed by atoms with Gasteiger partial charge in [0.25, 0.3) is 5.19 Å². The molecule has 0 saturated carbocycles. The van der Waals surface area contributed by atoms with Gasteiger partial charge in [0.15, 0.2) is 0 Å². The Bertz CT molecular complexity index is 293. The fourth-order valence-corrected chi connectivity index (χ4v) is 1.73. The van der Waals surface area contributed by atoms with Crippen LogP contribution in [0, 0.1) is 0 Å². The van der Waals surface area contributed by atoms with Gasteiger partial charge in [-0.1, -0.05) is 23.4 Å². The Hall–Kier alpha value is -0.720. The lowest BCUT2D eigenvalue weighted by molar-refractivity contribution is 0.199. The second-order valence-electron chi connectivity index (χ2n) is 3.47. The molecular weight excluding hydrogens is 226 g/mol. The van der Waals surface area contributed by atoms with E-state index >= 15 is 0 Å². The maximum atomic E-state index is 5.56. The Kier molecular flexibility index (Phi) is 6.29. The van der Waals surface area contributed by atoms with Crippen LogP contribution in [-0.4, -0.2) is 36.6 Å². The summed E-state index contributed by atoms with van der Waals surface area (Å²) in [5, 5.41) is 12.8. The SMILES string of the molecule is CCC(C)Oc1nnc(CNCCOC)s1. The van der Waals surface area contributed by atoms with E-state index in [4.69, 9.17) is 9.47 Å². The molecular formula is C10H19N3O2S. The first-order chi connectivity index (χ1) is 7.76. The molecule has 0 fully saturated rings. The van der Waals surface area contributed by atoms with E-state index in [0.717, 1.165) is 18.0 Å². The molecule has 6 heteroatoms. The van der Waals surface area contributed by atoms with Crippen molar-refractivity contribution in [3.63, 3.8) is 0 Å². The van der Waals surface area contributed by atoms with Crippen LogP contribution in [0.2, 0.25) is 0 Å². The Labute approximate surface area is 100 Å². The van der Waals surface area contributed by atoms with Crippen molar-refractivity contribution >= 4 is 11.3 Å². The molecule has 0 saturated heterocycles. The first-order valence-electron chi connectivity index (χ1n) is 5.45. The predicted octanol–water partition coefficient (Wildman–Crippen LogP) is 1.45. The fraction of sp³-hybridized carbons (Fsp3) is 0.800. The molecule has 0 spiro atoms. The molecule has 0 aliphatic rings. The molecule has 0 aliphatic heterocycles. The molecule has 0 aromatic carbocycles. The van der Waals surface area contributed by atoms with Crippen molar-refractivity contribution in [1.82, 2.24) is 15.5 Å². The first-order valence-corrected chi connectivity index (χ1v) is 6.26. The second kappa shape index (κ2) is 7.54. The van der Waals surface area contributed by atoms with E-state index in [-0.39, 0.29) is 6.10 Å². The van der Waals surface area contributed by atoms with Gasteiger partial charge in [-0.15, -0.1) is 5.10 Å². The number of nitrogens with one attached hydrogen (secondary N) is 1. The van der Waals surface area contributed by atoms with Crippen molar-refractivity contribution in [2.75, 3.05) is 20.3 Å². The van der Waals surface area contributed by atoms with Gasteiger partial charge in [-0.25, -0.2) is 0 Å². The quantitative estimate of drug-likeness (QED) is 0.703. The molecule has 5 nitrogen and oxygen atoms in total. The number of aromatic nitrogens is 2. The van der Waals surface area contributed by atoms with E-state index in [2.05, 4.69) is 22.4 Å². The summed E-state index contributed by atoms with van der Waals surface area (Å²) in [5.41, 5.74) is 0. The highest BCUT2D eigenvalue weighted by Crippen LogP contribution is 2.19. The third-order valence-electron chi connectivity index (χ3n) is 2.08. The summed E-state index contributed by atoms with van der Waals surface area (Å²) in [6.07, 6.45) is 1.17. The molecule has 1 aromatic heterocycles. The van der Waals surface area contributed by atoms with Crippen LogP contribution in [0.15, 0.2) is 0 Å². The van der Waals surface area contributed by atoms with Gasteiger partial charge in [-0.2, -0.15) is 0 Å². The standard InChI is InChI=1S/C10H19N3O2S/c1-4-8(2)15-10-13-12-9(16-10)7-11-5-6-14-3/h8,11H,4-7H2,1-3H3. The lowest BCUT2D eigenvalue weighted by Crippen LogP contribution is -2.18. The van der Waals surface area contributed by atoms with Gasteiger partial charge in [0.05, 0.1) is 12.7 Å². The van der Waals surface area contributed by atoms with Crippen molar-refractivity contribution in [2.45, 2.75) is 32.9 Å². The summed E-state index contributed by atoms with van der Waals surface area (Å²) in [4.78, 5) is 0. The van der Waals surface area contributed by atoms with Gasteiger partial charge in [-0.3, -0.25) is 0 Å². The monoisotopic (exact) mass is 245 g/mol. The molecule has 0 radical (unpaired) electrons. The molecule has 1 atom stereocenters. The maximum Gasteiger partial charge on any atom is 0.294 e. The highest BCUT2D eigenvalue weighted by atomic mass is 32.1. The van der Waals surface area contributed by atoms with Crippen molar-refractivity contribution in [3.8, 4) is 5.19 Å². The zero-order valence-electron chi connectivity index (χ0n) is 10.0.